The lowest BCUT2D eigenvalue weighted by Crippen LogP contribution is -2.49. The van der Waals surface area contributed by atoms with E-state index in [-0.39, 0.29) is 5.91 Å². The zero-order chi connectivity index (χ0) is 29.8. The van der Waals surface area contributed by atoms with E-state index in [0.29, 0.717) is 30.4 Å². The van der Waals surface area contributed by atoms with Gasteiger partial charge < -0.3 is 19.1 Å². The molecule has 8 heteroatoms. The van der Waals surface area contributed by atoms with Crippen LogP contribution in [0.1, 0.15) is 22.8 Å². The Hall–Kier alpha value is -5.37. The SMILES string of the molecule is O=C(OC(c1ccccc1)c1ccccc1)[C@H]1[C@H]2C(=O)N(c3ccc4c(c3)OCCO4)C(=O)[C@H]2[C@@H]2C=Cc3ccccc3N21. The first kappa shape index (κ1) is 26.3. The molecule has 8 rings (SSSR count). The van der Waals surface area contributed by atoms with E-state index in [0.717, 1.165) is 22.4 Å². The first-order valence-electron chi connectivity index (χ1n) is 14.7. The molecule has 0 unspecified atom stereocenters. The molecule has 0 bridgehead atoms. The van der Waals surface area contributed by atoms with Gasteiger partial charge in [-0.1, -0.05) is 91.0 Å². The molecule has 4 aromatic carbocycles. The van der Waals surface area contributed by atoms with Gasteiger partial charge in [-0.15, -0.1) is 0 Å². The monoisotopic (exact) mass is 584 g/mol. The number of fused-ring (bicyclic) bond motifs is 6. The number of carbonyl (C=O) groups is 3. The number of ether oxygens (including phenoxy) is 3. The van der Waals surface area contributed by atoms with E-state index in [1.165, 1.54) is 4.90 Å². The van der Waals surface area contributed by atoms with Crippen molar-refractivity contribution in [1.29, 1.82) is 0 Å². The standard InChI is InChI=1S/C36H28N2O6/c39-34-30-27-17-15-22-9-7-8-14-26(22)38(27)32(31(30)35(40)37(34)25-16-18-28-29(21-25)43-20-19-42-28)36(41)44-33(23-10-3-1-4-11-23)24-12-5-2-6-13-24/h1-18,21,27,30-33H,19-20H2/t27-,30-,31-,32+/m0/s1. The van der Waals surface area contributed by atoms with Crippen LogP contribution in [0.2, 0.25) is 0 Å². The molecular weight excluding hydrogens is 556 g/mol. The number of benzene rings is 4. The molecule has 4 aliphatic heterocycles. The zero-order valence-corrected chi connectivity index (χ0v) is 23.6. The maximum atomic E-state index is 14.5. The van der Waals surface area contributed by atoms with Crippen LogP contribution in [0.4, 0.5) is 11.4 Å². The van der Waals surface area contributed by atoms with Gasteiger partial charge in [0, 0.05) is 11.8 Å². The highest BCUT2D eigenvalue weighted by atomic mass is 16.6. The van der Waals surface area contributed by atoms with Gasteiger partial charge in [0.25, 0.3) is 0 Å². The molecule has 4 atom stereocenters. The summed E-state index contributed by atoms with van der Waals surface area (Å²) >= 11 is 0. The van der Waals surface area contributed by atoms with Crippen molar-refractivity contribution in [2.24, 2.45) is 11.8 Å². The minimum absolute atomic E-state index is 0.353. The number of anilines is 2. The molecule has 218 valence electrons. The van der Waals surface area contributed by atoms with Gasteiger partial charge >= 0.3 is 5.97 Å². The summed E-state index contributed by atoms with van der Waals surface area (Å²) in [6.45, 7) is 0.808. The number of hydrogen-bond donors (Lipinski definition) is 0. The topological polar surface area (TPSA) is 85.4 Å². The van der Waals surface area contributed by atoms with Crippen LogP contribution in [0.25, 0.3) is 6.08 Å². The highest BCUT2D eigenvalue weighted by Gasteiger charge is 2.65. The van der Waals surface area contributed by atoms with Crippen molar-refractivity contribution >= 4 is 35.2 Å². The minimum atomic E-state index is -1.02. The molecule has 0 aromatic heterocycles. The molecule has 0 radical (unpaired) electrons. The van der Waals surface area contributed by atoms with Crippen LogP contribution in [0.3, 0.4) is 0 Å². The van der Waals surface area contributed by atoms with E-state index >= 15 is 0 Å². The van der Waals surface area contributed by atoms with E-state index in [1.807, 2.05) is 102 Å². The van der Waals surface area contributed by atoms with Crippen LogP contribution in [0.5, 0.6) is 11.5 Å². The van der Waals surface area contributed by atoms with Crippen molar-refractivity contribution < 1.29 is 28.6 Å². The van der Waals surface area contributed by atoms with Crippen LogP contribution in [0, 0.1) is 11.8 Å². The molecule has 0 aliphatic carbocycles. The maximum absolute atomic E-state index is 14.5. The molecule has 0 spiro atoms. The molecule has 0 saturated carbocycles. The molecular formula is C36H28N2O6. The second kappa shape index (κ2) is 10.4. The molecule has 4 aromatic rings. The average Bonchev–Trinajstić information content (AvgIpc) is 3.56. The number of esters is 1. The molecule has 2 saturated heterocycles. The quantitative estimate of drug-likeness (QED) is 0.236. The fourth-order valence-corrected chi connectivity index (χ4v) is 6.98. The summed E-state index contributed by atoms with van der Waals surface area (Å²) in [5, 5.41) is 0. The van der Waals surface area contributed by atoms with E-state index in [2.05, 4.69) is 0 Å². The number of rotatable bonds is 5. The zero-order valence-electron chi connectivity index (χ0n) is 23.6. The second-order valence-electron chi connectivity index (χ2n) is 11.3. The minimum Gasteiger partial charge on any atom is -0.486 e. The Labute approximate surface area is 254 Å². The summed E-state index contributed by atoms with van der Waals surface area (Å²) in [4.78, 5) is 46.1. The summed E-state index contributed by atoms with van der Waals surface area (Å²) in [6.07, 6.45) is 3.19. The van der Waals surface area contributed by atoms with Crippen LogP contribution in [0.15, 0.2) is 109 Å². The third-order valence-electron chi connectivity index (χ3n) is 8.88. The normalized spacial score (nSPS) is 22.9. The van der Waals surface area contributed by atoms with Crippen molar-refractivity contribution in [2.75, 3.05) is 23.0 Å². The van der Waals surface area contributed by atoms with Crippen molar-refractivity contribution in [3.8, 4) is 11.5 Å². The van der Waals surface area contributed by atoms with Crippen molar-refractivity contribution in [3.05, 3.63) is 126 Å². The lowest BCUT2D eigenvalue weighted by atomic mass is 9.88. The van der Waals surface area contributed by atoms with Gasteiger partial charge in [0.15, 0.2) is 17.6 Å². The number of para-hydroxylation sites is 1. The second-order valence-corrected chi connectivity index (χ2v) is 11.3. The largest absolute Gasteiger partial charge is 0.486 e. The van der Waals surface area contributed by atoms with E-state index in [9.17, 15) is 14.4 Å². The lowest BCUT2D eigenvalue weighted by molar-refractivity contribution is -0.151. The number of nitrogens with zero attached hydrogens (tertiary/aromatic N) is 2. The van der Waals surface area contributed by atoms with Crippen LogP contribution in [-0.4, -0.2) is 43.1 Å². The van der Waals surface area contributed by atoms with Gasteiger partial charge in [0.05, 0.1) is 23.6 Å². The Bertz CT molecular complexity index is 1770. The average molecular weight is 585 g/mol. The highest BCUT2D eigenvalue weighted by Crippen LogP contribution is 2.50. The van der Waals surface area contributed by atoms with Crippen LogP contribution < -0.4 is 19.3 Å². The molecule has 2 fully saturated rings. The molecule has 0 N–H and O–H groups in total. The van der Waals surface area contributed by atoms with E-state index < -0.39 is 41.9 Å². The number of imide groups is 1. The van der Waals surface area contributed by atoms with Crippen LogP contribution >= 0.6 is 0 Å². The van der Waals surface area contributed by atoms with Crippen LogP contribution in [-0.2, 0) is 19.1 Å². The first-order valence-corrected chi connectivity index (χ1v) is 14.7. The van der Waals surface area contributed by atoms with Crippen molar-refractivity contribution in [1.82, 2.24) is 0 Å². The number of amides is 2. The summed E-state index contributed by atoms with van der Waals surface area (Å²) < 4.78 is 17.7. The fraction of sp³-hybridized carbons (Fsp3) is 0.194. The Kier molecular flexibility index (Phi) is 6.22. The lowest BCUT2D eigenvalue weighted by Gasteiger charge is -2.36. The first-order chi connectivity index (χ1) is 21.6. The van der Waals surface area contributed by atoms with Gasteiger partial charge in [0.2, 0.25) is 11.8 Å². The molecule has 4 aliphatic rings. The Balaban J connectivity index is 1.21. The molecule has 4 heterocycles. The number of hydrogen-bond acceptors (Lipinski definition) is 7. The molecule has 8 nitrogen and oxygen atoms in total. The highest BCUT2D eigenvalue weighted by molar-refractivity contribution is 6.24. The maximum Gasteiger partial charge on any atom is 0.330 e. The summed E-state index contributed by atoms with van der Waals surface area (Å²) in [5.41, 5.74) is 3.71. The van der Waals surface area contributed by atoms with Gasteiger partial charge in [-0.3, -0.25) is 9.59 Å². The van der Waals surface area contributed by atoms with Crippen molar-refractivity contribution in [2.45, 2.75) is 18.2 Å². The Morgan fingerprint density at radius 1 is 0.750 bits per heavy atom. The molecule has 2 amide bonds. The summed E-state index contributed by atoms with van der Waals surface area (Å²) in [7, 11) is 0. The van der Waals surface area contributed by atoms with Gasteiger partial charge in [0.1, 0.15) is 19.3 Å². The van der Waals surface area contributed by atoms with E-state index in [1.54, 1.807) is 18.2 Å². The van der Waals surface area contributed by atoms with Gasteiger partial charge in [-0.05, 0) is 34.9 Å². The predicted octanol–water partition coefficient (Wildman–Crippen LogP) is 5.18. The summed E-state index contributed by atoms with van der Waals surface area (Å²) in [5.74, 6) is -2.03. The van der Waals surface area contributed by atoms with Gasteiger partial charge in [-0.25, -0.2) is 9.69 Å². The van der Waals surface area contributed by atoms with Crippen molar-refractivity contribution in [3.63, 3.8) is 0 Å². The predicted molar refractivity (Wildman–Crippen MR) is 163 cm³/mol. The smallest absolute Gasteiger partial charge is 0.330 e. The van der Waals surface area contributed by atoms with Gasteiger partial charge in [-0.2, -0.15) is 0 Å². The third-order valence-corrected chi connectivity index (χ3v) is 8.88. The summed E-state index contributed by atoms with van der Waals surface area (Å²) in [6, 6.07) is 30.3. The Morgan fingerprint density at radius 3 is 2.11 bits per heavy atom. The fourth-order valence-electron chi connectivity index (χ4n) is 6.98. The Morgan fingerprint density at radius 2 is 1.39 bits per heavy atom. The third kappa shape index (κ3) is 4.09. The van der Waals surface area contributed by atoms with E-state index in [4.69, 9.17) is 14.2 Å². The molecule has 44 heavy (non-hydrogen) atoms. The number of carbonyl (C=O) groups excluding carboxylic acids is 3.